The molecule has 82 valence electrons. The lowest BCUT2D eigenvalue weighted by molar-refractivity contribution is -0.107. The number of hydrogen-bond acceptors (Lipinski definition) is 2. The van der Waals surface area contributed by atoms with Crippen molar-refractivity contribution in [3.63, 3.8) is 0 Å². The molecule has 2 aromatic rings. The van der Waals surface area contributed by atoms with Gasteiger partial charge in [-0.05, 0) is 40.6 Å². The molecule has 0 saturated carbocycles. The van der Waals surface area contributed by atoms with E-state index in [0.717, 1.165) is 28.4 Å². The Morgan fingerprint density at radius 1 is 1.31 bits per heavy atom. The minimum absolute atomic E-state index is 0.365. The molecule has 0 amide bonds. The number of halogens is 1. The monoisotopic (exact) mass is 234 g/mol. The Morgan fingerprint density at radius 3 is 2.81 bits per heavy atom. The quantitative estimate of drug-likeness (QED) is 0.762. The predicted molar refractivity (Wildman–Crippen MR) is 65.3 cm³/mol. The summed E-state index contributed by atoms with van der Waals surface area (Å²) in [7, 11) is 1.62. The summed E-state index contributed by atoms with van der Waals surface area (Å²) >= 11 is 5.99. The molecule has 2 aromatic carbocycles. The molecule has 3 heteroatoms. The van der Waals surface area contributed by atoms with E-state index in [0.29, 0.717) is 11.4 Å². The van der Waals surface area contributed by atoms with Gasteiger partial charge in [0.25, 0.3) is 0 Å². The van der Waals surface area contributed by atoms with Gasteiger partial charge in [-0.1, -0.05) is 17.7 Å². The molecule has 0 heterocycles. The van der Waals surface area contributed by atoms with Crippen molar-refractivity contribution in [1.29, 1.82) is 0 Å². The van der Waals surface area contributed by atoms with Crippen molar-refractivity contribution in [1.82, 2.24) is 0 Å². The van der Waals surface area contributed by atoms with Crippen LogP contribution in [0.5, 0.6) is 5.75 Å². The van der Waals surface area contributed by atoms with Crippen molar-refractivity contribution in [2.24, 2.45) is 0 Å². The number of carbonyl (C=O) groups is 1. The summed E-state index contributed by atoms with van der Waals surface area (Å²) in [5.74, 6) is 0.780. The second-order valence-electron chi connectivity index (χ2n) is 3.52. The van der Waals surface area contributed by atoms with Crippen LogP contribution in [0.2, 0.25) is 5.02 Å². The van der Waals surface area contributed by atoms with Crippen LogP contribution in [0.3, 0.4) is 0 Å². The standard InChI is InChI=1S/C13H11ClO2/c1-16-12-3-2-9-6-11(14)7-10(4-5-15)13(9)8-12/h2-3,5-8H,4H2,1H3. The Balaban J connectivity index is 2.69. The van der Waals surface area contributed by atoms with E-state index >= 15 is 0 Å². The maximum absolute atomic E-state index is 10.6. The molecule has 0 saturated heterocycles. The third kappa shape index (κ3) is 2.02. The van der Waals surface area contributed by atoms with Gasteiger partial charge in [-0.2, -0.15) is 0 Å². The molecule has 0 aliphatic carbocycles. The van der Waals surface area contributed by atoms with Crippen LogP contribution in [-0.4, -0.2) is 13.4 Å². The summed E-state index contributed by atoms with van der Waals surface area (Å²) < 4.78 is 5.16. The van der Waals surface area contributed by atoms with Gasteiger partial charge in [0.2, 0.25) is 0 Å². The van der Waals surface area contributed by atoms with Gasteiger partial charge < -0.3 is 9.53 Å². The van der Waals surface area contributed by atoms with Crippen LogP contribution in [0.4, 0.5) is 0 Å². The first-order valence-corrected chi connectivity index (χ1v) is 5.32. The molecular formula is C13H11ClO2. The lowest BCUT2D eigenvalue weighted by atomic mass is 10.0. The van der Waals surface area contributed by atoms with E-state index in [4.69, 9.17) is 16.3 Å². The number of ether oxygens (including phenoxy) is 1. The number of carbonyl (C=O) groups excluding carboxylic acids is 1. The molecular weight excluding hydrogens is 224 g/mol. The summed E-state index contributed by atoms with van der Waals surface area (Å²) in [5.41, 5.74) is 0.927. The third-order valence-electron chi connectivity index (χ3n) is 2.52. The van der Waals surface area contributed by atoms with Crippen molar-refractivity contribution in [2.75, 3.05) is 7.11 Å². The number of hydrogen-bond donors (Lipinski definition) is 0. The number of aldehydes is 1. The van der Waals surface area contributed by atoms with Crippen molar-refractivity contribution in [3.8, 4) is 5.75 Å². The number of rotatable bonds is 3. The van der Waals surface area contributed by atoms with Crippen molar-refractivity contribution >= 4 is 28.7 Å². The number of benzene rings is 2. The zero-order valence-corrected chi connectivity index (χ0v) is 9.62. The third-order valence-corrected chi connectivity index (χ3v) is 2.73. The molecule has 0 aliphatic rings. The maximum atomic E-state index is 10.6. The van der Waals surface area contributed by atoms with Crippen LogP contribution in [0.25, 0.3) is 10.8 Å². The van der Waals surface area contributed by atoms with E-state index in [1.807, 2.05) is 30.3 Å². The average Bonchev–Trinajstić information content (AvgIpc) is 2.29. The van der Waals surface area contributed by atoms with E-state index in [-0.39, 0.29) is 0 Å². The highest BCUT2D eigenvalue weighted by molar-refractivity contribution is 6.31. The second-order valence-corrected chi connectivity index (χ2v) is 3.96. The van der Waals surface area contributed by atoms with Crippen LogP contribution < -0.4 is 4.74 Å². The van der Waals surface area contributed by atoms with E-state index in [9.17, 15) is 4.79 Å². The molecule has 0 aliphatic heterocycles. The van der Waals surface area contributed by atoms with Crippen molar-refractivity contribution in [2.45, 2.75) is 6.42 Å². The second kappa shape index (κ2) is 4.54. The first kappa shape index (κ1) is 11.0. The maximum Gasteiger partial charge on any atom is 0.124 e. The SMILES string of the molecule is COc1ccc2cc(Cl)cc(CC=O)c2c1. The number of fused-ring (bicyclic) bond motifs is 1. The molecule has 0 aromatic heterocycles. The zero-order valence-electron chi connectivity index (χ0n) is 8.87. The summed E-state index contributed by atoms with van der Waals surface area (Å²) in [4.78, 5) is 10.6. The van der Waals surface area contributed by atoms with Crippen molar-refractivity contribution < 1.29 is 9.53 Å². The molecule has 2 rings (SSSR count). The van der Waals surface area contributed by atoms with Gasteiger partial charge in [-0.25, -0.2) is 0 Å². The first-order chi connectivity index (χ1) is 7.74. The fourth-order valence-corrected chi connectivity index (χ4v) is 2.01. The van der Waals surface area contributed by atoms with Gasteiger partial charge in [-0.3, -0.25) is 0 Å². The van der Waals surface area contributed by atoms with Gasteiger partial charge in [0.15, 0.2) is 0 Å². The summed E-state index contributed by atoms with van der Waals surface area (Å²) in [6, 6.07) is 9.44. The van der Waals surface area contributed by atoms with Crippen LogP contribution in [0, 0.1) is 0 Å². The first-order valence-electron chi connectivity index (χ1n) is 4.94. The van der Waals surface area contributed by atoms with Crippen molar-refractivity contribution in [3.05, 3.63) is 40.9 Å². The van der Waals surface area contributed by atoms with E-state index in [1.54, 1.807) is 7.11 Å². The molecule has 16 heavy (non-hydrogen) atoms. The summed E-state index contributed by atoms with van der Waals surface area (Å²) in [6.45, 7) is 0. The van der Waals surface area contributed by atoms with Crippen LogP contribution in [-0.2, 0) is 11.2 Å². The number of methoxy groups -OCH3 is 1. The highest BCUT2D eigenvalue weighted by Crippen LogP contribution is 2.27. The fraction of sp³-hybridized carbons (Fsp3) is 0.154. The predicted octanol–water partition coefficient (Wildman–Crippen LogP) is 3.24. The van der Waals surface area contributed by atoms with Gasteiger partial charge in [0, 0.05) is 11.4 Å². The Kier molecular flexibility index (Phi) is 3.11. The Bertz CT molecular complexity index is 535. The Morgan fingerprint density at radius 2 is 2.12 bits per heavy atom. The van der Waals surface area contributed by atoms with Gasteiger partial charge in [0.05, 0.1) is 7.11 Å². The smallest absolute Gasteiger partial charge is 0.124 e. The van der Waals surface area contributed by atoms with Crippen LogP contribution in [0.1, 0.15) is 5.56 Å². The molecule has 0 radical (unpaired) electrons. The van der Waals surface area contributed by atoms with Crippen LogP contribution in [0.15, 0.2) is 30.3 Å². The van der Waals surface area contributed by atoms with E-state index in [1.165, 1.54) is 0 Å². The largest absolute Gasteiger partial charge is 0.497 e. The lowest BCUT2D eigenvalue weighted by Gasteiger charge is -2.07. The minimum Gasteiger partial charge on any atom is -0.497 e. The highest BCUT2D eigenvalue weighted by atomic mass is 35.5. The molecule has 0 bridgehead atoms. The Labute approximate surface area is 98.8 Å². The van der Waals surface area contributed by atoms with Gasteiger partial charge in [0.1, 0.15) is 12.0 Å². The van der Waals surface area contributed by atoms with Crippen LogP contribution >= 0.6 is 11.6 Å². The topological polar surface area (TPSA) is 26.3 Å². The molecule has 0 fully saturated rings. The molecule has 0 N–H and O–H groups in total. The summed E-state index contributed by atoms with van der Waals surface area (Å²) in [6.07, 6.45) is 1.24. The summed E-state index contributed by atoms with van der Waals surface area (Å²) in [5, 5.41) is 2.68. The Hall–Kier alpha value is -1.54. The molecule has 0 atom stereocenters. The molecule has 0 unspecified atom stereocenters. The lowest BCUT2D eigenvalue weighted by Crippen LogP contribution is -1.90. The zero-order chi connectivity index (χ0) is 11.5. The normalized spacial score (nSPS) is 10.4. The van der Waals surface area contributed by atoms with Gasteiger partial charge >= 0.3 is 0 Å². The van der Waals surface area contributed by atoms with E-state index in [2.05, 4.69) is 0 Å². The minimum atomic E-state index is 0.365. The molecule has 2 nitrogen and oxygen atoms in total. The fourth-order valence-electron chi connectivity index (χ4n) is 1.76. The molecule has 0 spiro atoms. The highest BCUT2D eigenvalue weighted by Gasteiger charge is 2.04. The van der Waals surface area contributed by atoms with E-state index < -0.39 is 0 Å². The average molecular weight is 235 g/mol. The van der Waals surface area contributed by atoms with Gasteiger partial charge in [-0.15, -0.1) is 0 Å².